The van der Waals surface area contributed by atoms with E-state index in [1.807, 2.05) is 32.0 Å². The lowest BCUT2D eigenvalue weighted by atomic mass is 9.94. The van der Waals surface area contributed by atoms with Crippen molar-refractivity contribution in [2.75, 3.05) is 7.11 Å². The number of rotatable bonds is 6. The minimum absolute atomic E-state index is 0.110. The fourth-order valence-corrected chi connectivity index (χ4v) is 1.80. The second kappa shape index (κ2) is 6.40. The Labute approximate surface area is 102 Å². The standard InChI is InChI=1S/C14H20O3/c1-4-13(15)10(2)8-14(16)11-6-5-7-12(9-11)17-3/h5-7,9-10,14,16H,4,8H2,1-3H3. The number of Topliss-reactive ketones (excluding diaryl/α,β-unsaturated/α-hetero) is 1. The molecule has 94 valence electrons. The zero-order valence-electron chi connectivity index (χ0n) is 10.6. The lowest BCUT2D eigenvalue weighted by Gasteiger charge is -2.16. The van der Waals surface area contributed by atoms with Crippen LogP contribution in [0.3, 0.4) is 0 Å². The van der Waals surface area contributed by atoms with E-state index in [9.17, 15) is 9.90 Å². The number of hydrogen-bond donors (Lipinski definition) is 1. The van der Waals surface area contributed by atoms with E-state index in [4.69, 9.17) is 4.74 Å². The highest BCUT2D eigenvalue weighted by molar-refractivity contribution is 5.80. The van der Waals surface area contributed by atoms with E-state index in [0.717, 1.165) is 11.3 Å². The Bertz CT molecular complexity index is 373. The van der Waals surface area contributed by atoms with E-state index in [0.29, 0.717) is 12.8 Å². The van der Waals surface area contributed by atoms with E-state index in [2.05, 4.69) is 0 Å². The summed E-state index contributed by atoms with van der Waals surface area (Å²) in [4.78, 5) is 11.5. The highest BCUT2D eigenvalue weighted by Gasteiger charge is 2.17. The molecule has 2 atom stereocenters. The molecular weight excluding hydrogens is 216 g/mol. The van der Waals surface area contributed by atoms with E-state index >= 15 is 0 Å². The van der Waals surface area contributed by atoms with Gasteiger partial charge in [-0.1, -0.05) is 26.0 Å². The smallest absolute Gasteiger partial charge is 0.135 e. The predicted octanol–water partition coefficient (Wildman–Crippen LogP) is 2.73. The van der Waals surface area contributed by atoms with Crippen molar-refractivity contribution in [3.8, 4) is 5.75 Å². The van der Waals surface area contributed by atoms with Crippen LogP contribution in [0.5, 0.6) is 5.75 Å². The van der Waals surface area contributed by atoms with Gasteiger partial charge in [0.1, 0.15) is 11.5 Å². The number of aliphatic hydroxyl groups excluding tert-OH is 1. The van der Waals surface area contributed by atoms with Gasteiger partial charge in [0.2, 0.25) is 0 Å². The van der Waals surface area contributed by atoms with Gasteiger partial charge in [-0.3, -0.25) is 4.79 Å². The Morgan fingerprint density at radius 2 is 2.18 bits per heavy atom. The predicted molar refractivity (Wildman–Crippen MR) is 67.0 cm³/mol. The monoisotopic (exact) mass is 236 g/mol. The minimum atomic E-state index is -0.615. The number of methoxy groups -OCH3 is 1. The number of ether oxygens (including phenoxy) is 1. The van der Waals surface area contributed by atoms with Gasteiger partial charge in [0, 0.05) is 12.3 Å². The van der Waals surface area contributed by atoms with Crippen molar-refractivity contribution in [3.05, 3.63) is 29.8 Å². The van der Waals surface area contributed by atoms with Crippen LogP contribution in [-0.2, 0) is 4.79 Å². The Kier molecular flexibility index (Phi) is 5.16. The van der Waals surface area contributed by atoms with Crippen LogP contribution in [0.4, 0.5) is 0 Å². The van der Waals surface area contributed by atoms with E-state index in [1.54, 1.807) is 13.2 Å². The Hall–Kier alpha value is -1.35. The van der Waals surface area contributed by atoms with Gasteiger partial charge in [-0.05, 0) is 24.1 Å². The van der Waals surface area contributed by atoms with Crippen molar-refractivity contribution in [2.45, 2.75) is 32.8 Å². The molecule has 0 fully saturated rings. The molecule has 1 N–H and O–H groups in total. The van der Waals surface area contributed by atoms with Gasteiger partial charge in [-0.25, -0.2) is 0 Å². The molecule has 0 aliphatic carbocycles. The molecule has 0 aliphatic rings. The van der Waals surface area contributed by atoms with Crippen molar-refractivity contribution in [3.63, 3.8) is 0 Å². The summed E-state index contributed by atoms with van der Waals surface area (Å²) in [5.41, 5.74) is 0.792. The fraction of sp³-hybridized carbons (Fsp3) is 0.500. The van der Waals surface area contributed by atoms with Crippen molar-refractivity contribution in [1.29, 1.82) is 0 Å². The van der Waals surface area contributed by atoms with Crippen LogP contribution >= 0.6 is 0 Å². The van der Waals surface area contributed by atoms with Gasteiger partial charge in [0.05, 0.1) is 13.2 Å². The third-order valence-corrected chi connectivity index (χ3v) is 2.95. The van der Waals surface area contributed by atoms with Gasteiger partial charge in [0.25, 0.3) is 0 Å². The van der Waals surface area contributed by atoms with Crippen LogP contribution in [0.1, 0.15) is 38.4 Å². The molecule has 2 unspecified atom stereocenters. The van der Waals surface area contributed by atoms with Crippen LogP contribution in [0.25, 0.3) is 0 Å². The third-order valence-electron chi connectivity index (χ3n) is 2.95. The molecule has 0 saturated carbocycles. The topological polar surface area (TPSA) is 46.5 Å². The van der Waals surface area contributed by atoms with Gasteiger partial charge in [-0.15, -0.1) is 0 Å². The number of hydrogen-bond acceptors (Lipinski definition) is 3. The summed E-state index contributed by atoms with van der Waals surface area (Å²) in [7, 11) is 1.59. The van der Waals surface area contributed by atoms with E-state index in [1.165, 1.54) is 0 Å². The summed E-state index contributed by atoms with van der Waals surface area (Å²) < 4.78 is 5.10. The molecule has 0 radical (unpaired) electrons. The molecule has 0 heterocycles. The molecule has 0 aliphatic heterocycles. The lowest BCUT2D eigenvalue weighted by Crippen LogP contribution is -2.13. The molecule has 1 aromatic carbocycles. The average Bonchev–Trinajstić information content (AvgIpc) is 2.37. The second-order valence-electron chi connectivity index (χ2n) is 4.25. The third kappa shape index (κ3) is 3.86. The SMILES string of the molecule is CCC(=O)C(C)CC(O)c1cccc(OC)c1. The summed E-state index contributed by atoms with van der Waals surface area (Å²) in [5.74, 6) is 0.796. The van der Waals surface area contributed by atoms with Crippen LogP contribution in [0, 0.1) is 5.92 Å². The quantitative estimate of drug-likeness (QED) is 0.826. The normalized spacial score (nSPS) is 14.1. The molecule has 1 rings (SSSR count). The molecule has 0 spiro atoms. The fourth-order valence-electron chi connectivity index (χ4n) is 1.80. The molecule has 0 bridgehead atoms. The highest BCUT2D eigenvalue weighted by Crippen LogP contribution is 2.25. The number of carbonyl (C=O) groups is 1. The summed E-state index contributed by atoms with van der Waals surface area (Å²) >= 11 is 0. The molecule has 3 nitrogen and oxygen atoms in total. The summed E-state index contributed by atoms with van der Waals surface area (Å²) in [6.07, 6.45) is 0.363. The van der Waals surface area contributed by atoms with Gasteiger partial charge < -0.3 is 9.84 Å². The summed E-state index contributed by atoms with van der Waals surface area (Å²) in [5, 5.41) is 10.0. The maximum atomic E-state index is 11.5. The van der Waals surface area contributed by atoms with E-state index in [-0.39, 0.29) is 11.7 Å². The first kappa shape index (κ1) is 13.7. The minimum Gasteiger partial charge on any atom is -0.497 e. The molecule has 0 amide bonds. The zero-order chi connectivity index (χ0) is 12.8. The number of aliphatic hydroxyl groups is 1. The second-order valence-corrected chi connectivity index (χ2v) is 4.25. The number of benzene rings is 1. The number of carbonyl (C=O) groups excluding carboxylic acids is 1. The molecule has 17 heavy (non-hydrogen) atoms. The van der Waals surface area contributed by atoms with Crippen LogP contribution in [0.15, 0.2) is 24.3 Å². The molecular formula is C14H20O3. The van der Waals surface area contributed by atoms with Gasteiger partial charge in [0.15, 0.2) is 0 Å². The van der Waals surface area contributed by atoms with Gasteiger partial charge in [-0.2, -0.15) is 0 Å². The van der Waals surface area contributed by atoms with Gasteiger partial charge >= 0.3 is 0 Å². The number of ketones is 1. The molecule has 0 saturated heterocycles. The van der Waals surface area contributed by atoms with Crippen LogP contribution in [-0.4, -0.2) is 18.0 Å². The van der Waals surface area contributed by atoms with Crippen LogP contribution in [0.2, 0.25) is 0 Å². The Balaban J connectivity index is 2.68. The molecule has 3 heteroatoms. The first-order valence-corrected chi connectivity index (χ1v) is 5.93. The van der Waals surface area contributed by atoms with Crippen LogP contribution < -0.4 is 4.74 Å². The van der Waals surface area contributed by atoms with E-state index < -0.39 is 6.10 Å². The molecule has 0 aromatic heterocycles. The zero-order valence-corrected chi connectivity index (χ0v) is 10.6. The van der Waals surface area contributed by atoms with Crippen molar-refractivity contribution in [2.24, 2.45) is 5.92 Å². The maximum absolute atomic E-state index is 11.5. The lowest BCUT2D eigenvalue weighted by molar-refractivity contribution is -0.123. The maximum Gasteiger partial charge on any atom is 0.135 e. The van der Waals surface area contributed by atoms with Crippen molar-refractivity contribution in [1.82, 2.24) is 0 Å². The first-order valence-electron chi connectivity index (χ1n) is 5.93. The Morgan fingerprint density at radius 1 is 1.47 bits per heavy atom. The Morgan fingerprint density at radius 3 is 2.76 bits per heavy atom. The largest absolute Gasteiger partial charge is 0.497 e. The van der Waals surface area contributed by atoms with Crippen molar-refractivity contribution >= 4 is 5.78 Å². The summed E-state index contributed by atoms with van der Waals surface area (Å²) in [6, 6.07) is 7.31. The summed E-state index contributed by atoms with van der Waals surface area (Å²) in [6.45, 7) is 3.70. The van der Waals surface area contributed by atoms with Crippen molar-refractivity contribution < 1.29 is 14.6 Å². The highest BCUT2D eigenvalue weighted by atomic mass is 16.5. The molecule has 1 aromatic rings. The average molecular weight is 236 g/mol. The first-order chi connectivity index (χ1) is 8.08.